The number of fused-ring (bicyclic) bond motifs is 1. The standard InChI is InChI=1S/C24H18F3NO3/c25-24(26,27)18-6-4-8-20(13-18)31-19-7-3-5-16(11-19)14-28-15-17(12-23(29)30)21-9-1-2-10-22(21)28/h1-11,13,15H,12,14H2,(H,29,30). The number of ether oxygens (including phenoxy) is 1. The molecule has 158 valence electrons. The quantitative estimate of drug-likeness (QED) is 0.404. The molecule has 31 heavy (non-hydrogen) atoms. The maximum atomic E-state index is 12.9. The van der Waals surface area contributed by atoms with E-state index in [9.17, 15) is 23.1 Å². The Hall–Kier alpha value is -3.74. The predicted molar refractivity (Wildman–Crippen MR) is 110 cm³/mol. The number of aromatic nitrogens is 1. The van der Waals surface area contributed by atoms with Crippen molar-refractivity contribution in [2.45, 2.75) is 19.1 Å². The number of para-hydroxylation sites is 1. The van der Waals surface area contributed by atoms with Gasteiger partial charge in [-0.2, -0.15) is 13.2 Å². The zero-order chi connectivity index (χ0) is 22.0. The van der Waals surface area contributed by atoms with E-state index in [0.29, 0.717) is 12.3 Å². The summed E-state index contributed by atoms with van der Waals surface area (Å²) in [4.78, 5) is 11.2. The van der Waals surface area contributed by atoms with Gasteiger partial charge in [-0.25, -0.2) is 0 Å². The molecule has 0 saturated carbocycles. The minimum Gasteiger partial charge on any atom is -0.481 e. The maximum absolute atomic E-state index is 12.9. The minimum atomic E-state index is -4.44. The van der Waals surface area contributed by atoms with Gasteiger partial charge in [0.2, 0.25) is 0 Å². The molecule has 0 radical (unpaired) electrons. The van der Waals surface area contributed by atoms with Gasteiger partial charge in [0.25, 0.3) is 0 Å². The topological polar surface area (TPSA) is 51.5 Å². The van der Waals surface area contributed by atoms with Gasteiger partial charge in [0.15, 0.2) is 0 Å². The number of rotatable bonds is 6. The third-order valence-electron chi connectivity index (χ3n) is 4.86. The summed E-state index contributed by atoms with van der Waals surface area (Å²) in [7, 11) is 0. The second-order valence-corrected chi connectivity index (χ2v) is 7.14. The zero-order valence-electron chi connectivity index (χ0n) is 16.3. The monoisotopic (exact) mass is 425 g/mol. The molecular weight excluding hydrogens is 407 g/mol. The summed E-state index contributed by atoms with van der Waals surface area (Å²) in [6.45, 7) is 0.458. The summed E-state index contributed by atoms with van der Waals surface area (Å²) in [5.41, 5.74) is 1.72. The molecule has 1 heterocycles. The molecule has 0 aliphatic carbocycles. The SMILES string of the molecule is O=C(O)Cc1cn(Cc2cccc(Oc3cccc(C(F)(F)F)c3)c2)c2ccccc12. The lowest BCUT2D eigenvalue weighted by molar-refractivity contribution is -0.138. The first-order valence-corrected chi connectivity index (χ1v) is 9.52. The van der Waals surface area contributed by atoms with E-state index in [0.717, 1.165) is 34.2 Å². The van der Waals surface area contributed by atoms with Gasteiger partial charge >= 0.3 is 12.1 Å². The fourth-order valence-electron chi connectivity index (χ4n) is 3.53. The van der Waals surface area contributed by atoms with Crippen molar-refractivity contribution in [1.82, 2.24) is 4.57 Å². The second kappa shape index (κ2) is 8.18. The largest absolute Gasteiger partial charge is 0.481 e. The second-order valence-electron chi connectivity index (χ2n) is 7.14. The summed E-state index contributed by atoms with van der Waals surface area (Å²) in [6, 6.07) is 19.4. The van der Waals surface area contributed by atoms with Crippen molar-refractivity contribution in [3.05, 3.63) is 95.7 Å². The van der Waals surface area contributed by atoms with Crippen molar-refractivity contribution in [1.29, 1.82) is 0 Å². The molecule has 7 heteroatoms. The zero-order valence-corrected chi connectivity index (χ0v) is 16.3. The Morgan fingerprint density at radius 2 is 1.65 bits per heavy atom. The normalized spacial score (nSPS) is 11.6. The number of carbonyl (C=O) groups is 1. The van der Waals surface area contributed by atoms with E-state index in [1.807, 2.05) is 41.1 Å². The van der Waals surface area contributed by atoms with Gasteiger partial charge in [0.05, 0.1) is 12.0 Å². The number of nitrogens with zero attached hydrogens (tertiary/aromatic N) is 1. The number of carboxylic acid groups (broad SMARTS) is 1. The van der Waals surface area contributed by atoms with Crippen LogP contribution >= 0.6 is 0 Å². The Labute approximate surface area is 176 Å². The Balaban J connectivity index is 1.59. The van der Waals surface area contributed by atoms with Crippen molar-refractivity contribution in [2.75, 3.05) is 0 Å². The van der Waals surface area contributed by atoms with Gasteiger partial charge in [-0.05, 0) is 47.5 Å². The summed E-state index contributed by atoms with van der Waals surface area (Å²) in [5, 5.41) is 10.1. The number of hydrogen-bond donors (Lipinski definition) is 1. The van der Waals surface area contributed by atoms with Crippen molar-refractivity contribution in [3.8, 4) is 11.5 Å². The summed E-state index contributed by atoms with van der Waals surface area (Å²) < 4.78 is 46.4. The Morgan fingerprint density at radius 3 is 2.39 bits per heavy atom. The molecule has 0 spiro atoms. The Bertz CT molecular complexity index is 1240. The molecule has 0 atom stereocenters. The molecule has 0 aliphatic rings. The van der Waals surface area contributed by atoms with E-state index in [2.05, 4.69) is 0 Å². The molecular formula is C24H18F3NO3. The molecule has 3 aromatic carbocycles. The van der Waals surface area contributed by atoms with Gasteiger partial charge in [0.1, 0.15) is 11.5 Å². The fraction of sp³-hybridized carbons (Fsp3) is 0.125. The Morgan fingerprint density at radius 1 is 0.935 bits per heavy atom. The summed E-state index contributed by atoms with van der Waals surface area (Å²) in [6.07, 6.45) is -2.70. The van der Waals surface area contributed by atoms with Gasteiger partial charge in [-0.1, -0.05) is 36.4 Å². The third-order valence-corrected chi connectivity index (χ3v) is 4.86. The lowest BCUT2D eigenvalue weighted by Crippen LogP contribution is -2.04. The highest BCUT2D eigenvalue weighted by Gasteiger charge is 2.30. The first-order valence-electron chi connectivity index (χ1n) is 9.52. The molecule has 4 rings (SSSR count). The van der Waals surface area contributed by atoms with E-state index >= 15 is 0 Å². The van der Waals surface area contributed by atoms with Crippen LogP contribution in [0.3, 0.4) is 0 Å². The number of hydrogen-bond acceptors (Lipinski definition) is 2. The number of alkyl halides is 3. The molecule has 1 aromatic heterocycles. The summed E-state index contributed by atoms with van der Waals surface area (Å²) in [5.74, 6) is -0.388. The van der Waals surface area contributed by atoms with Crippen LogP contribution in [0.1, 0.15) is 16.7 Å². The van der Waals surface area contributed by atoms with Crippen LogP contribution in [0, 0.1) is 0 Å². The van der Waals surface area contributed by atoms with Crippen LogP contribution in [0.2, 0.25) is 0 Å². The molecule has 0 amide bonds. The third kappa shape index (κ3) is 4.71. The van der Waals surface area contributed by atoms with Crippen molar-refractivity contribution in [2.24, 2.45) is 0 Å². The molecule has 1 N–H and O–H groups in total. The predicted octanol–water partition coefficient (Wildman–Crippen LogP) is 6.13. The van der Waals surface area contributed by atoms with Crippen LogP contribution in [0.25, 0.3) is 10.9 Å². The first-order chi connectivity index (χ1) is 14.8. The lowest BCUT2D eigenvalue weighted by atomic mass is 10.1. The molecule has 0 saturated heterocycles. The van der Waals surface area contributed by atoms with E-state index in [1.165, 1.54) is 12.1 Å². The number of carboxylic acids is 1. The number of aliphatic carboxylic acids is 1. The molecule has 0 unspecified atom stereocenters. The van der Waals surface area contributed by atoms with Crippen LogP contribution < -0.4 is 4.74 Å². The summed E-state index contributed by atoms with van der Waals surface area (Å²) >= 11 is 0. The molecule has 0 fully saturated rings. The molecule has 4 nitrogen and oxygen atoms in total. The van der Waals surface area contributed by atoms with Gasteiger partial charge < -0.3 is 14.4 Å². The van der Waals surface area contributed by atoms with Crippen LogP contribution in [-0.2, 0) is 23.9 Å². The molecule has 0 bridgehead atoms. The lowest BCUT2D eigenvalue weighted by Gasteiger charge is -2.11. The van der Waals surface area contributed by atoms with E-state index in [1.54, 1.807) is 18.2 Å². The maximum Gasteiger partial charge on any atom is 0.416 e. The number of halogens is 3. The molecule has 4 aromatic rings. The van der Waals surface area contributed by atoms with Crippen LogP contribution in [-0.4, -0.2) is 15.6 Å². The van der Waals surface area contributed by atoms with Crippen LogP contribution in [0.5, 0.6) is 11.5 Å². The van der Waals surface area contributed by atoms with Crippen molar-refractivity contribution < 1.29 is 27.8 Å². The molecule has 0 aliphatic heterocycles. The van der Waals surface area contributed by atoms with Gasteiger partial charge in [0, 0.05) is 23.6 Å². The average molecular weight is 425 g/mol. The highest BCUT2D eigenvalue weighted by Crippen LogP contribution is 2.33. The average Bonchev–Trinajstić information content (AvgIpc) is 3.05. The van der Waals surface area contributed by atoms with E-state index in [4.69, 9.17) is 4.74 Å². The van der Waals surface area contributed by atoms with E-state index < -0.39 is 17.7 Å². The highest BCUT2D eigenvalue weighted by atomic mass is 19.4. The van der Waals surface area contributed by atoms with Crippen LogP contribution in [0.4, 0.5) is 13.2 Å². The van der Waals surface area contributed by atoms with Crippen molar-refractivity contribution in [3.63, 3.8) is 0 Å². The number of benzene rings is 3. The Kier molecular flexibility index (Phi) is 5.42. The minimum absolute atomic E-state index is 0.0772. The smallest absolute Gasteiger partial charge is 0.416 e. The van der Waals surface area contributed by atoms with E-state index in [-0.39, 0.29) is 12.2 Å². The first kappa shape index (κ1) is 20.5. The van der Waals surface area contributed by atoms with Crippen LogP contribution in [0.15, 0.2) is 79.0 Å². The van der Waals surface area contributed by atoms with Gasteiger partial charge in [-0.15, -0.1) is 0 Å². The van der Waals surface area contributed by atoms with Gasteiger partial charge in [-0.3, -0.25) is 4.79 Å². The highest BCUT2D eigenvalue weighted by molar-refractivity contribution is 5.87. The van der Waals surface area contributed by atoms with Crippen molar-refractivity contribution >= 4 is 16.9 Å². The fourth-order valence-corrected chi connectivity index (χ4v) is 3.53.